The maximum Gasteiger partial charge on any atom is 0.303 e. The van der Waals surface area contributed by atoms with Crippen molar-refractivity contribution in [3.8, 4) is 0 Å². The van der Waals surface area contributed by atoms with E-state index in [1.165, 1.54) is 51.7 Å². The number of nitrogens with zero attached hydrogens (tertiary/aromatic N) is 2. The molecule has 2 atom stereocenters. The third kappa shape index (κ3) is 5.06. The van der Waals surface area contributed by atoms with Crippen LogP contribution in [0.3, 0.4) is 0 Å². The molecule has 4 nitrogen and oxygen atoms in total. The highest BCUT2D eigenvalue weighted by Gasteiger charge is 2.25. The first kappa shape index (κ1) is 15.8. The Morgan fingerprint density at radius 2 is 2.05 bits per heavy atom. The molecule has 0 aromatic rings. The van der Waals surface area contributed by atoms with Gasteiger partial charge in [0.1, 0.15) is 0 Å². The lowest BCUT2D eigenvalue weighted by atomic mass is 9.94. The molecule has 2 heterocycles. The molecule has 0 spiro atoms. The normalized spacial score (nSPS) is 29.4. The molecule has 4 heteroatoms. The number of carboxylic acid groups (broad SMARTS) is 1. The molecule has 2 rings (SSSR count). The van der Waals surface area contributed by atoms with Gasteiger partial charge < -0.3 is 14.9 Å². The van der Waals surface area contributed by atoms with Crippen LogP contribution in [0.15, 0.2) is 0 Å². The first-order valence-corrected chi connectivity index (χ1v) is 8.33. The first-order valence-electron chi connectivity index (χ1n) is 8.33. The molecule has 20 heavy (non-hydrogen) atoms. The molecule has 0 bridgehead atoms. The predicted octanol–water partition coefficient (Wildman–Crippen LogP) is 2.44. The standard InChI is InChI=1S/C16H30N2O2/c1-14-6-2-3-11-18(14)13-15-7-4-9-17(12-15)10-5-8-16(19)20/h14-15H,2-13H2,1H3,(H,19,20)/t14-,15-/m0/s1. The van der Waals surface area contributed by atoms with Gasteiger partial charge in [0.2, 0.25) is 0 Å². The average Bonchev–Trinajstić information content (AvgIpc) is 2.41. The minimum atomic E-state index is -0.666. The monoisotopic (exact) mass is 282 g/mol. The van der Waals surface area contributed by atoms with E-state index in [0.29, 0.717) is 6.42 Å². The van der Waals surface area contributed by atoms with Gasteiger partial charge in [0.05, 0.1) is 0 Å². The topological polar surface area (TPSA) is 43.8 Å². The van der Waals surface area contributed by atoms with Crippen LogP contribution in [0.4, 0.5) is 0 Å². The zero-order chi connectivity index (χ0) is 14.4. The molecule has 0 unspecified atom stereocenters. The number of hydrogen-bond donors (Lipinski definition) is 1. The number of hydrogen-bond acceptors (Lipinski definition) is 3. The minimum absolute atomic E-state index is 0.310. The Balaban J connectivity index is 1.71. The lowest BCUT2D eigenvalue weighted by molar-refractivity contribution is -0.137. The molecule has 0 radical (unpaired) electrons. The van der Waals surface area contributed by atoms with Crippen molar-refractivity contribution in [1.29, 1.82) is 0 Å². The van der Waals surface area contributed by atoms with Crippen LogP contribution in [0, 0.1) is 5.92 Å². The van der Waals surface area contributed by atoms with Crippen LogP contribution < -0.4 is 0 Å². The zero-order valence-electron chi connectivity index (χ0n) is 12.9. The fraction of sp³-hybridized carbons (Fsp3) is 0.938. The second kappa shape index (κ2) is 7.99. The van der Waals surface area contributed by atoms with Gasteiger partial charge in [0, 0.05) is 25.6 Å². The van der Waals surface area contributed by atoms with Crippen molar-refractivity contribution in [2.75, 3.05) is 32.7 Å². The van der Waals surface area contributed by atoms with Gasteiger partial charge in [-0.2, -0.15) is 0 Å². The zero-order valence-corrected chi connectivity index (χ0v) is 12.9. The molecule has 0 aromatic heterocycles. The number of likely N-dealkylation sites (tertiary alicyclic amines) is 2. The van der Waals surface area contributed by atoms with Crippen molar-refractivity contribution in [1.82, 2.24) is 9.80 Å². The van der Waals surface area contributed by atoms with E-state index in [1.807, 2.05) is 0 Å². The number of rotatable bonds is 6. The second-order valence-electron chi connectivity index (χ2n) is 6.65. The summed E-state index contributed by atoms with van der Waals surface area (Å²) >= 11 is 0. The van der Waals surface area contributed by atoms with Crippen molar-refractivity contribution in [3.05, 3.63) is 0 Å². The molecule has 0 aliphatic carbocycles. The van der Waals surface area contributed by atoms with Crippen molar-refractivity contribution in [2.24, 2.45) is 5.92 Å². The quantitative estimate of drug-likeness (QED) is 0.812. The van der Waals surface area contributed by atoms with Gasteiger partial charge in [-0.3, -0.25) is 4.79 Å². The number of carbonyl (C=O) groups is 1. The Labute approximate surface area is 123 Å². The molecular weight excluding hydrogens is 252 g/mol. The summed E-state index contributed by atoms with van der Waals surface area (Å²) in [5, 5.41) is 8.72. The van der Waals surface area contributed by atoms with E-state index in [9.17, 15) is 4.79 Å². The highest BCUT2D eigenvalue weighted by molar-refractivity contribution is 5.66. The average molecular weight is 282 g/mol. The summed E-state index contributed by atoms with van der Waals surface area (Å²) in [6.45, 7) is 8.17. The molecule has 2 aliphatic rings. The summed E-state index contributed by atoms with van der Waals surface area (Å²) in [6, 6.07) is 0.756. The Hall–Kier alpha value is -0.610. The van der Waals surface area contributed by atoms with Crippen molar-refractivity contribution in [2.45, 2.75) is 57.9 Å². The van der Waals surface area contributed by atoms with Crippen LogP contribution in [-0.2, 0) is 4.79 Å². The van der Waals surface area contributed by atoms with Crippen molar-refractivity contribution < 1.29 is 9.90 Å². The van der Waals surface area contributed by atoms with Crippen molar-refractivity contribution in [3.63, 3.8) is 0 Å². The van der Waals surface area contributed by atoms with Gasteiger partial charge in [0.25, 0.3) is 0 Å². The molecule has 0 aromatic carbocycles. The Bertz CT molecular complexity index is 309. The summed E-state index contributed by atoms with van der Waals surface area (Å²) in [5.74, 6) is 0.120. The maximum atomic E-state index is 10.6. The molecule has 116 valence electrons. The third-order valence-electron chi connectivity index (χ3n) is 4.90. The van der Waals surface area contributed by atoms with Crippen LogP contribution in [0.5, 0.6) is 0 Å². The van der Waals surface area contributed by atoms with Gasteiger partial charge in [-0.05, 0) is 64.6 Å². The summed E-state index contributed by atoms with van der Waals surface area (Å²) in [6.07, 6.45) is 7.84. The van der Waals surface area contributed by atoms with E-state index in [2.05, 4.69) is 16.7 Å². The molecule has 2 saturated heterocycles. The smallest absolute Gasteiger partial charge is 0.303 e. The van der Waals surface area contributed by atoms with E-state index in [4.69, 9.17) is 5.11 Å². The summed E-state index contributed by atoms with van der Waals surface area (Å²) in [5.41, 5.74) is 0. The Kier molecular flexibility index (Phi) is 6.30. The van der Waals surface area contributed by atoms with E-state index < -0.39 is 5.97 Å². The van der Waals surface area contributed by atoms with E-state index in [1.54, 1.807) is 0 Å². The van der Waals surface area contributed by atoms with Gasteiger partial charge in [-0.15, -0.1) is 0 Å². The largest absolute Gasteiger partial charge is 0.481 e. The number of piperidine rings is 2. The van der Waals surface area contributed by atoms with Crippen LogP contribution in [0.25, 0.3) is 0 Å². The highest BCUT2D eigenvalue weighted by Crippen LogP contribution is 2.22. The van der Waals surface area contributed by atoms with Crippen LogP contribution in [0.1, 0.15) is 51.9 Å². The summed E-state index contributed by atoms with van der Waals surface area (Å²) in [4.78, 5) is 15.7. The Morgan fingerprint density at radius 1 is 1.20 bits per heavy atom. The molecule has 0 saturated carbocycles. The molecule has 1 N–H and O–H groups in total. The molecule has 2 aliphatic heterocycles. The minimum Gasteiger partial charge on any atom is -0.481 e. The van der Waals surface area contributed by atoms with Crippen LogP contribution in [0.2, 0.25) is 0 Å². The molecule has 0 amide bonds. The van der Waals surface area contributed by atoms with E-state index in [0.717, 1.165) is 31.5 Å². The van der Waals surface area contributed by atoms with Crippen LogP contribution in [-0.4, -0.2) is 59.6 Å². The van der Waals surface area contributed by atoms with Gasteiger partial charge >= 0.3 is 5.97 Å². The first-order chi connectivity index (χ1) is 9.65. The lowest BCUT2D eigenvalue weighted by Crippen LogP contribution is -2.45. The second-order valence-corrected chi connectivity index (χ2v) is 6.65. The Morgan fingerprint density at radius 3 is 2.80 bits per heavy atom. The highest BCUT2D eigenvalue weighted by atomic mass is 16.4. The van der Waals surface area contributed by atoms with Gasteiger partial charge in [-0.1, -0.05) is 6.42 Å². The molecule has 2 fully saturated rings. The van der Waals surface area contributed by atoms with Crippen molar-refractivity contribution >= 4 is 5.97 Å². The summed E-state index contributed by atoms with van der Waals surface area (Å²) < 4.78 is 0. The van der Waals surface area contributed by atoms with Crippen LogP contribution >= 0.6 is 0 Å². The molecular formula is C16H30N2O2. The van der Waals surface area contributed by atoms with E-state index >= 15 is 0 Å². The SMILES string of the molecule is C[C@H]1CCCCN1C[C@H]1CCCN(CCCC(=O)O)C1. The van der Waals surface area contributed by atoms with Gasteiger partial charge in [0.15, 0.2) is 0 Å². The predicted molar refractivity (Wildman–Crippen MR) is 80.9 cm³/mol. The fourth-order valence-corrected chi connectivity index (χ4v) is 3.72. The third-order valence-corrected chi connectivity index (χ3v) is 4.90. The fourth-order valence-electron chi connectivity index (χ4n) is 3.72. The van der Waals surface area contributed by atoms with E-state index in [-0.39, 0.29) is 0 Å². The maximum absolute atomic E-state index is 10.6. The summed E-state index contributed by atoms with van der Waals surface area (Å²) in [7, 11) is 0. The number of carboxylic acids is 1. The number of aliphatic carboxylic acids is 1. The van der Waals surface area contributed by atoms with Gasteiger partial charge in [-0.25, -0.2) is 0 Å². The lowest BCUT2D eigenvalue weighted by Gasteiger charge is -2.39.